The number of likely N-dealkylation sites (N-methyl/N-ethyl adjacent to an activating group) is 1. The number of rotatable bonds is 5. The summed E-state index contributed by atoms with van der Waals surface area (Å²) < 4.78 is 11.3. The molecule has 0 aromatic heterocycles. The molecule has 106 valence electrons. The Hall–Kier alpha value is -1.26. The minimum atomic E-state index is 0.464. The number of benzene rings is 1. The van der Waals surface area contributed by atoms with Crippen LogP contribution in [0, 0.1) is 0 Å². The summed E-state index contributed by atoms with van der Waals surface area (Å²) in [5, 5.41) is 3.51. The number of nitrogens with zero attached hydrogens (tertiary/aromatic N) is 1. The van der Waals surface area contributed by atoms with E-state index in [1.54, 1.807) is 0 Å². The highest BCUT2D eigenvalue weighted by Crippen LogP contribution is 2.30. The van der Waals surface area contributed by atoms with Gasteiger partial charge in [-0.1, -0.05) is 6.07 Å². The molecule has 1 aromatic rings. The summed E-state index contributed by atoms with van der Waals surface area (Å²) in [5.41, 5.74) is 1.23. The normalized spacial score (nSPS) is 16.2. The molecule has 1 N–H and O–H groups in total. The summed E-state index contributed by atoms with van der Waals surface area (Å²) in [6.07, 6.45) is 0.947. The molecule has 1 atom stereocenters. The maximum Gasteiger partial charge on any atom is 0.161 e. The van der Waals surface area contributed by atoms with E-state index in [4.69, 9.17) is 9.47 Å². The van der Waals surface area contributed by atoms with Crippen LogP contribution in [-0.4, -0.2) is 44.8 Å². The monoisotopic (exact) mass is 264 g/mol. The SMILES string of the molecule is CC(CN(C)C)NCc1ccc2c(c1)OCCCO2. The van der Waals surface area contributed by atoms with E-state index in [1.807, 2.05) is 6.07 Å². The first kappa shape index (κ1) is 14.2. The van der Waals surface area contributed by atoms with Crippen molar-refractivity contribution in [2.24, 2.45) is 0 Å². The zero-order valence-corrected chi connectivity index (χ0v) is 12.1. The van der Waals surface area contributed by atoms with Crippen LogP contribution < -0.4 is 14.8 Å². The second kappa shape index (κ2) is 6.78. The van der Waals surface area contributed by atoms with Gasteiger partial charge in [0.25, 0.3) is 0 Å². The predicted molar refractivity (Wildman–Crippen MR) is 76.9 cm³/mol. The lowest BCUT2D eigenvalue weighted by atomic mass is 10.2. The Labute approximate surface area is 115 Å². The van der Waals surface area contributed by atoms with Crippen molar-refractivity contribution in [2.45, 2.75) is 25.9 Å². The van der Waals surface area contributed by atoms with Crippen molar-refractivity contribution in [2.75, 3.05) is 33.9 Å². The molecular formula is C15H24N2O2. The molecule has 1 aliphatic rings. The van der Waals surface area contributed by atoms with Gasteiger partial charge in [-0.2, -0.15) is 0 Å². The van der Waals surface area contributed by atoms with Crippen molar-refractivity contribution < 1.29 is 9.47 Å². The molecule has 4 nitrogen and oxygen atoms in total. The highest BCUT2D eigenvalue weighted by Gasteiger charge is 2.11. The summed E-state index contributed by atoms with van der Waals surface area (Å²) in [4.78, 5) is 2.19. The third-order valence-corrected chi connectivity index (χ3v) is 3.11. The van der Waals surface area contributed by atoms with Crippen LogP contribution in [0.2, 0.25) is 0 Å². The standard InChI is InChI=1S/C15H24N2O2/c1-12(11-17(2)3)16-10-13-5-6-14-15(9-13)19-8-4-7-18-14/h5-6,9,12,16H,4,7-8,10-11H2,1-3H3. The van der Waals surface area contributed by atoms with E-state index in [2.05, 4.69) is 43.4 Å². The average molecular weight is 264 g/mol. The lowest BCUT2D eigenvalue weighted by molar-refractivity contribution is 0.297. The Morgan fingerprint density at radius 3 is 2.68 bits per heavy atom. The second-order valence-electron chi connectivity index (χ2n) is 5.38. The van der Waals surface area contributed by atoms with Gasteiger partial charge in [-0.3, -0.25) is 0 Å². The van der Waals surface area contributed by atoms with Gasteiger partial charge in [0.15, 0.2) is 11.5 Å². The van der Waals surface area contributed by atoms with Gasteiger partial charge >= 0.3 is 0 Å². The fraction of sp³-hybridized carbons (Fsp3) is 0.600. The maximum absolute atomic E-state index is 5.70. The van der Waals surface area contributed by atoms with Crippen LogP contribution in [-0.2, 0) is 6.54 Å². The molecule has 2 rings (SSSR count). The van der Waals surface area contributed by atoms with Crippen LogP contribution in [0.15, 0.2) is 18.2 Å². The highest BCUT2D eigenvalue weighted by molar-refractivity contribution is 5.43. The van der Waals surface area contributed by atoms with Crippen molar-refractivity contribution >= 4 is 0 Å². The van der Waals surface area contributed by atoms with E-state index in [0.29, 0.717) is 6.04 Å². The van der Waals surface area contributed by atoms with Crippen molar-refractivity contribution in [3.8, 4) is 11.5 Å². The molecule has 0 aliphatic carbocycles. The second-order valence-corrected chi connectivity index (χ2v) is 5.38. The number of nitrogens with one attached hydrogen (secondary N) is 1. The molecule has 0 radical (unpaired) electrons. The van der Waals surface area contributed by atoms with Gasteiger partial charge in [0, 0.05) is 25.6 Å². The number of ether oxygens (including phenoxy) is 2. The third-order valence-electron chi connectivity index (χ3n) is 3.11. The largest absolute Gasteiger partial charge is 0.490 e. The minimum absolute atomic E-state index is 0.464. The van der Waals surface area contributed by atoms with Gasteiger partial charge in [-0.15, -0.1) is 0 Å². The van der Waals surface area contributed by atoms with Gasteiger partial charge in [0.1, 0.15) is 0 Å². The summed E-state index contributed by atoms with van der Waals surface area (Å²) in [6, 6.07) is 6.65. The smallest absolute Gasteiger partial charge is 0.161 e. The number of fused-ring (bicyclic) bond motifs is 1. The minimum Gasteiger partial charge on any atom is -0.490 e. The van der Waals surface area contributed by atoms with Crippen LogP contribution in [0.1, 0.15) is 18.9 Å². The van der Waals surface area contributed by atoms with Gasteiger partial charge in [0.2, 0.25) is 0 Å². The van der Waals surface area contributed by atoms with E-state index < -0.39 is 0 Å². The fourth-order valence-electron chi connectivity index (χ4n) is 2.22. The quantitative estimate of drug-likeness (QED) is 0.880. The van der Waals surface area contributed by atoms with Crippen LogP contribution >= 0.6 is 0 Å². The Morgan fingerprint density at radius 2 is 1.95 bits per heavy atom. The van der Waals surface area contributed by atoms with E-state index >= 15 is 0 Å². The van der Waals surface area contributed by atoms with Crippen LogP contribution in [0.25, 0.3) is 0 Å². The molecule has 0 saturated heterocycles. The van der Waals surface area contributed by atoms with Crippen molar-refractivity contribution in [1.82, 2.24) is 10.2 Å². The molecule has 1 heterocycles. The first-order chi connectivity index (χ1) is 9.15. The van der Waals surface area contributed by atoms with E-state index in [0.717, 1.165) is 44.2 Å². The van der Waals surface area contributed by atoms with E-state index in [9.17, 15) is 0 Å². The molecule has 1 aromatic carbocycles. The van der Waals surface area contributed by atoms with Gasteiger partial charge in [-0.05, 0) is 38.7 Å². The Bertz CT molecular complexity index is 407. The molecule has 1 unspecified atom stereocenters. The zero-order valence-electron chi connectivity index (χ0n) is 12.1. The fourth-order valence-corrected chi connectivity index (χ4v) is 2.22. The first-order valence-corrected chi connectivity index (χ1v) is 6.92. The van der Waals surface area contributed by atoms with E-state index in [-0.39, 0.29) is 0 Å². The van der Waals surface area contributed by atoms with Crippen LogP contribution in [0.4, 0.5) is 0 Å². The summed E-state index contributed by atoms with van der Waals surface area (Å²) in [7, 11) is 4.18. The molecular weight excluding hydrogens is 240 g/mol. The summed E-state index contributed by atoms with van der Waals surface area (Å²) >= 11 is 0. The lowest BCUT2D eigenvalue weighted by Crippen LogP contribution is -2.35. The molecule has 4 heteroatoms. The number of hydrogen-bond acceptors (Lipinski definition) is 4. The molecule has 1 aliphatic heterocycles. The van der Waals surface area contributed by atoms with Crippen molar-refractivity contribution in [1.29, 1.82) is 0 Å². The Balaban J connectivity index is 1.92. The lowest BCUT2D eigenvalue weighted by Gasteiger charge is -2.18. The third kappa shape index (κ3) is 4.40. The average Bonchev–Trinajstić information content (AvgIpc) is 2.60. The predicted octanol–water partition coefficient (Wildman–Crippen LogP) is 1.89. The summed E-state index contributed by atoms with van der Waals surface area (Å²) in [5.74, 6) is 1.74. The van der Waals surface area contributed by atoms with Crippen LogP contribution in [0.3, 0.4) is 0 Å². The summed E-state index contributed by atoms with van der Waals surface area (Å²) in [6.45, 7) is 5.56. The maximum atomic E-state index is 5.70. The Morgan fingerprint density at radius 1 is 1.21 bits per heavy atom. The van der Waals surface area contributed by atoms with Crippen LogP contribution in [0.5, 0.6) is 11.5 Å². The molecule has 0 amide bonds. The molecule has 0 fully saturated rings. The van der Waals surface area contributed by atoms with E-state index in [1.165, 1.54) is 5.56 Å². The molecule has 0 bridgehead atoms. The molecule has 19 heavy (non-hydrogen) atoms. The molecule has 0 saturated carbocycles. The highest BCUT2D eigenvalue weighted by atomic mass is 16.5. The van der Waals surface area contributed by atoms with Gasteiger partial charge < -0.3 is 19.7 Å². The topological polar surface area (TPSA) is 33.7 Å². The van der Waals surface area contributed by atoms with Crippen molar-refractivity contribution in [3.05, 3.63) is 23.8 Å². The Kier molecular flexibility index (Phi) is 5.05. The number of hydrogen-bond donors (Lipinski definition) is 1. The van der Waals surface area contributed by atoms with Gasteiger partial charge in [0.05, 0.1) is 13.2 Å². The van der Waals surface area contributed by atoms with Gasteiger partial charge in [-0.25, -0.2) is 0 Å². The molecule has 0 spiro atoms. The van der Waals surface area contributed by atoms with Crippen molar-refractivity contribution in [3.63, 3.8) is 0 Å². The zero-order chi connectivity index (χ0) is 13.7. The first-order valence-electron chi connectivity index (χ1n) is 6.92.